The van der Waals surface area contributed by atoms with E-state index in [1.54, 1.807) is 31.0 Å². The van der Waals surface area contributed by atoms with Crippen molar-refractivity contribution in [2.45, 2.75) is 17.9 Å². The van der Waals surface area contributed by atoms with E-state index in [2.05, 4.69) is 10.1 Å². The molecule has 11 heteroatoms. The zero-order valence-electron chi connectivity index (χ0n) is 22.6. The van der Waals surface area contributed by atoms with Crippen LogP contribution in [0.2, 0.25) is 0 Å². The fourth-order valence-electron chi connectivity index (χ4n) is 4.53. The second kappa shape index (κ2) is 11.6. The Hall–Kier alpha value is -4.06. The number of aryl methyl sites for hydroxylation is 1. The number of benzene rings is 3. The minimum atomic E-state index is -3.64. The normalized spacial score (nSPS) is 15.7. The van der Waals surface area contributed by atoms with E-state index in [1.807, 2.05) is 78.7 Å². The van der Waals surface area contributed by atoms with Crippen LogP contribution in [0.15, 0.2) is 88.3 Å². The summed E-state index contributed by atoms with van der Waals surface area (Å²) in [5, 5.41) is 3.91. The van der Waals surface area contributed by atoms with Crippen molar-refractivity contribution in [3.8, 4) is 22.5 Å². The summed E-state index contributed by atoms with van der Waals surface area (Å²) < 4.78 is 38.2. The summed E-state index contributed by atoms with van der Waals surface area (Å²) >= 11 is 0. The molecule has 1 aromatic heterocycles. The minimum absolute atomic E-state index is 0.248. The Balaban J connectivity index is 1.13. The standard InChI is InChI=1S/C29H31N5O5S/c1-21-30-28(31-39-21)24-9-13-25(14-10-24)34-20-26(38-29(34)35)19-32(2)17-18-33(3)40(36,37)27-15-11-23(12-16-27)22-7-5-4-6-8-22/h4-16,26H,17-20H2,1-3H3. The molecule has 2 heterocycles. The zero-order valence-corrected chi connectivity index (χ0v) is 23.4. The van der Waals surface area contributed by atoms with Crippen molar-refractivity contribution in [1.29, 1.82) is 0 Å². The van der Waals surface area contributed by atoms with Gasteiger partial charge in [0, 0.05) is 44.9 Å². The third kappa shape index (κ3) is 6.06. The molecule has 1 fully saturated rings. The summed E-state index contributed by atoms with van der Waals surface area (Å²) in [6.45, 7) is 3.36. The average Bonchev–Trinajstić information content (AvgIpc) is 3.57. The van der Waals surface area contributed by atoms with Gasteiger partial charge in [-0.15, -0.1) is 0 Å². The fourth-order valence-corrected chi connectivity index (χ4v) is 5.70. The SMILES string of the molecule is Cc1nc(-c2ccc(N3CC(CN(C)CCN(C)S(=O)(=O)c4ccc(-c5ccccc5)cc4)OC3=O)cc2)no1. The van der Waals surface area contributed by atoms with Crippen molar-refractivity contribution in [1.82, 2.24) is 19.3 Å². The molecule has 0 N–H and O–H groups in total. The molecule has 10 nitrogen and oxygen atoms in total. The summed E-state index contributed by atoms with van der Waals surface area (Å²) in [4.78, 5) is 20.6. The molecular formula is C29H31N5O5S. The van der Waals surface area contributed by atoms with Gasteiger partial charge in [-0.2, -0.15) is 9.29 Å². The van der Waals surface area contributed by atoms with Crippen molar-refractivity contribution in [2.24, 2.45) is 0 Å². The molecule has 5 rings (SSSR count). The highest BCUT2D eigenvalue weighted by Gasteiger charge is 2.33. The number of carbonyl (C=O) groups is 1. The van der Waals surface area contributed by atoms with Gasteiger partial charge in [-0.25, -0.2) is 13.2 Å². The predicted molar refractivity (Wildman–Crippen MR) is 151 cm³/mol. The molecule has 0 spiro atoms. The molecule has 1 aliphatic heterocycles. The maximum absolute atomic E-state index is 13.1. The van der Waals surface area contributed by atoms with Gasteiger partial charge in [0.1, 0.15) is 6.10 Å². The van der Waals surface area contributed by atoms with Crippen LogP contribution < -0.4 is 4.90 Å². The van der Waals surface area contributed by atoms with E-state index >= 15 is 0 Å². The van der Waals surface area contributed by atoms with Crippen molar-refractivity contribution < 1.29 is 22.5 Å². The molecule has 0 radical (unpaired) electrons. The Bertz CT molecular complexity index is 1560. The van der Waals surface area contributed by atoms with Crippen LogP contribution in [0.5, 0.6) is 0 Å². The highest BCUT2D eigenvalue weighted by Crippen LogP contribution is 2.26. The predicted octanol–water partition coefficient (Wildman–Crippen LogP) is 4.29. The maximum atomic E-state index is 13.1. The van der Waals surface area contributed by atoms with Gasteiger partial charge in [0.05, 0.1) is 11.4 Å². The number of amides is 1. The summed E-state index contributed by atoms with van der Waals surface area (Å²) in [5.74, 6) is 0.971. The first kappa shape index (κ1) is 27.5. The number of carbonyl (C=O) groups excluding carboxylic acids is 1. The van der Waals surface area contributed by atoms with Gasteiger partial charge < -0.3 is 14.2 Å². The van der Waals surface area contributed by atoms with Gasteiger partial charge in [0.15, 0.2) is 0 Å². The Morgan fingerprint density at radius 1 is 0.900 bits per heavy atom. The highest BCUT2D eigenvalue weighted by atomic mass is 32.2. The zero-order chi connectivity index (χ0) is 28.3. The number of anilines is 1. The first-order valence-electron chi connectivity index (χ1n) is 12.9. The van der Waals surface area contributed by atoms with E-state index in [0.29, 0.717) is 43.6 Å². The summed E-state index contributed by atoms with van der Waals surface area (Å²) in [5.41, 5.74) is 3.49. The quantitative estimate of drug-likeness (QED) is 0.282. The fraction of sp³-hybridized carbons (Fsp3) is 0.276. The maximum Gasteiger partial charge on any atom is 0.414 e. The first-order chi connectivity index (χ1) is 19.2. The van der Waals surface area contributed by atoms with E-state index in [1.165, 1.54) is 4.31 Å². The number of rotatable bonds is 10. The summed E-state index contributed by atoms with van der Waals surface area (Å²) in [7, 11) is -0.182. The number of hydrogen-bond acceptors (Lipinski definition) is 8. The Labute approximate surface area is 233 Å². The lowest BCUT2D eigenvalue weighted by atomic mass is 10.1. The van der Waals surface area contributed by atoms with Crippen LogP contribution in [0.25, 0.3) is 22.5 Å². The van der Waals surface area contributed by atoms with Gasteiger partial charge in [0.2, 0.25) is 21.7 Å². The Morgan fingerprint density at radius 2 is 1.55 bits per heavy atom. The van der Waals surface area contributed by atoms with E-state index < -0.39 is 16.1 Å². The molecular weight excluding hydrogens is 530 g/mol. The van der Waals surface area contributed by atoms with E-state index in [9.17, 15) is 13.2 Å². The topological polar surface area (TPSA) is 109 Å². The van der Waals surface area contributed by atoms with Crippen molar-refractivity contribution >= 4 is 21.8 Å². The van der Waals surface area contributed by atoms with Crippen molar-refractivity contribution in [2.75, 3.05) is 45.2 Å². The lowest BCUT2D eigenvalue weighted by Gasteiger charge is -2.23. The third-order valence-electron chi connectivity index (χ3n) is 6.82. The second-order valence-electron chi connectivity index (χ2n) is 9.78. The van der Waals surface area contributed by atoms with Crippen molar-refractivity contribution in [3.05, 3.63) is 84.8 Å². The average molecular weight is 562 g/mol. The number of aromatic nitrogens is 2. The molecule has 0 saturated carbocycles. The van der Waals surface area contributed by atoms with Gasteiger partial charge in [0.25, 0.3) is 0 Å². The van der Waals surface area contributed by atoms with Gasteiger partial charge >= 0.3 is 6.09 Å². The largest absolute Gasteiger partial charge is 0.443 e. The number of cyclic esters (lactones) is 1. The lowest BCUT2D eigenvalue weighted by Crippen LogP contribution is -2.38. The van der Waals surface area contributed by atoms with Crippen LogP contribution in [0, 0.1) is 6.92 Å². The Kier molecular flexibility index (Phi) is 7.97. The molecule has 0 aliphatic carbocycles. The molecule has 1 atom stereocenters. The third-order valence-corrected chi connectivity index (χ3v) is 8.69. The number of nitrogens with zero attached hydrogens (tertiary/aromatic N) is 5. The number of likely N-dealkylation sites (N-methyl/N-ethyl adjacent to an activating group) is 2. The molecule has 40 heavy (non-hydrogen) atoms. The number of hydrogen-bond donors (Lipinski definition) is 0. The second-order valence-corrected chi connectivity index (χ2v) is 11.8. The summed E-state index contributed by atoms with van der Waals surface area (Å²) in [6.07, 6.45) is -0.760. The Morgan fingerprint density at radius 3 is 2.20 bits per heavy atom. The van der Waals surface area contributed by atoms with Gasteiger partial charge in [-0.05, 0) is 54.6 Å². The van der Waals surface area contributed by atoms with E-state index in [0.717, 1.165) is 16.7 Å². The van der Waals surface area contributed by atoms with Gasteiger partial charge in [-0.1, -0.05) is 47.6 Å². The van der Waals surface area contributed by atoms with E-state index in [4.69, 9.17) is 9.26 Å². The van der Waals surface area contributed by atoms with Crippen LogP contribution in [0.3, 0.4) is 0 Å². The first-order valence-corrected chi connectivity index (χ1v) is 14.3. The lowest BCUT2D eigenvalue weighted by molar-refractivity contribution is 0.116. The minimum Gasteiger partial charge on any atom is -0.443 e. The number of sulfonamides is 1. The van der Waals surface area contributed by atoms with Crippen molar-refractivity contribution in [3.63, 3.8) is 0 Å². The molecule has 1 amide bonds. The smallest absolute Gasteiger partial charge is 0.414 e. The molecule has 4 aromatic rings. The van der Waals surface area contributed by atoms with Crippen LogP contribution in [-0.2, 0) is 14.8 Å². The van der Waals surface area contributed by atoms with Gasteiger partial charge in [-0.3, -0.25) is 4.90 Å². The van der Waals surface area contributed by atoms with Crippen LogP contribution in [0.4, 0.5) is 10.5 Å². The molecule has 1 aliphatic rings. The van der Waals surface area contributed by atoms with Crippen LogP contribution in [0.1, 0.15) is 5.89 Å². The molecule has 1 saturated heterocycles. The van der Waals surface area contributed by atoms with Crippen LogP contribution >= 0.6 is 0 Å². The van der Waals surface area contributed by atoms with Crippen LogP contribution in [-0.4, -0.2) is 80.2 Å². The monoisotopic (exact) mass is 561 g/mol. The highest BCUT2D eigenvalue weighted by molar-refractivity contribution is 7.89. The summed E-state index contributed by atoms with van der Waals surface area (Å²) in [6, 6.07) is 24.0. The molecule has 0 bridgehead atoms. The molecule has 3 aromatic carbocycles. The molecule has 208 valence electrons. The molecule has 1 unspecified atom stereocenters. The number of ether oxygens (including phenoxy) is 1. The van der Waals surface area contributed by atoms with E-state index in [-0.39, 0.29) is 11.0 Å².